The van der Waals surface area contributed by atoms with Gasteiger partial charge >= 0.3 is 6.03 Å². The van der Waals surface area contributed by atoms with Crippen LogP contribution in [0.3, 0.4) is 0 Å². The largest absolute Gasteiger partial charge is 0.346 e. The van der Waals surface area contributed by atoms with Crippen molar-refractivity contribution in [2.75, 3.05) is 26.7 Å². The van der Waals surface area contributed by atoms with Crippen LogP contribution >= 0.6 is 11.3 Å². The number of likely N-dealkylation sites (N-methyl/N-ethyl adjacent to an activating group) is 1. The zero-order valence-corrected chi connectivity index (χ0v) is 34.3. The minimum absolute atomic E-state index is 0.0123. The number of urea groups is 1. The maximum Gasteiger partial charge on any atom is 0.315 e. The minimum Gasteiger partial charge on any atom is -0.346 e. The van der Waals surface area contributed by atoms with Gasteiger partial charge in [0.15, 0.2) is 0 Å². The second-order valence-electron chi connectivity index (χ2n) is 17.5. The quantitative estimate of drug-likeness (QED) is 0.144. The van der Waals surface area contributed by atoms with Gasteiger partial charge in [-0.05, 0) is 65.2 Å². The maximum absolute atomic E-state index is 14.8. The van der Waals surface area contributed by atoms with E-state index in [0.29, 0.717) is 13.0 Å². The number of fused-ring (bicyclic) bond motifs is 1. The van der Waals surface area contributed by atoms with Crippen LogP contribution in [0.4, 0.5) is 4.79 Å². The van der Waals surface area contributed by atoms with Gasteiger partial charge in [-0.3, -0.25) is 19.2 Å². The molecule has 1 aromatic rings. The number of ketones is 1. The summed E-state index contributed by atoms with van der Waals surface area (Å²) in [7, 11) is -2.28. The molecule has 15 heteroatoms. The fourth-order valence-electron chi connectivity index (χ4n) is 8.60. The third-order valence-corrected chi connectivity index (χ3v) is 15.6. The molecule has 4 N–H and O–H groups in total. The first-order valence-electron chi connectivity index (χ1n) is 19.5. The van der Waals surface area contributed by atoms with Gasteiger partial charge in [-0.2, -0.15) is 4.31 Å². The number of nitrogens with zero attached hydrogens (tertiary/aromatic N) is 2. The second-order valence-corrected chi connectivity index (χ2v) is 20.7. The first-order valence-corrected chi connectivity index (χ1v) is 21.8. The number of Topliss-reactive ketones (excluding diaryl/α,β-unsaturated/α-hetero) is 1. The fraction of sp³-hybridized carbons (Fsp3) is 0.718. The van der Waals surface area contributed by atoms with Gasteiger partial charge < -0.3 is 26.2 Å². The number of carbonyl (C=O) groups excluding carboxylic acids is 5. The summed E-state index contributed by atoms with van der Waals surface area (Å²) in [6, 6.07) is -0.744. The van der Waals surface area contributed by atoms with Crippen LogP contribution < -0.4 is 21.3 Å². The van der Waals surface area contributed by atoms with Gasteiger partial charge in [-0.1, -0.05) is 85.3 Å². The summed E-state index contributed by atoms with van der Waals surface area (Å²) in [6.07, 6.45) is 9.06. The van der Waals surface area contributed by atoms with E-state index in [1.807, 2.05) is 20.8 Å². The number of likely N-dealkylation sites (tertiary alicyclic amines) is 1. The zero-order chi connectivity index (χ0) is 39.6. The minimum atomic E-state index is -3.77. The molecule has 13 nitrogen and oxygen atoms in total. The van der Waals surface area contributed by atoms with Crippen molar-refractivity contribution in [2.24, 2.45) is 34.5 Å². The number of carbonyl (C=O) groups is 5. The normalized spacial score (nSPS) is 24.4. The molecule has 4 fully saturated rings. The molecule has 3 saturated carbocycles. The maximum atomic E-state index is 14.8. The predicted octanol–water partition coefficient (Wildman–Crippen LogP) is 4.06. The molecule has 300 valence electrons. The molecule has 1 aromatic heterocycles. The second kappa shape index (κ2) is 16.8. The lowest BCUT2D eigenvalue weighted by Crippen LogP contribution is -2.62. The monoisotopic (exact) mass is 788 g/mol. The van der Waals surface area contributed by atoms with Crippen LogP contribution in [-0.4, -0.2) is 98.0 Å². The van der Waals surface area contributed by atoms with E-state index in [2.05, 4.69) is 41.7 Å². The van der Waals surface area contributed by atoms with Crippen LogP contribution in [0.25, 0.3) is 0 Å². The molecule has 0 radical (unpaired) electrons. The average Bonchev–Trinajstić information content (AvgIpc) is 3.56. The summed E-state index contributed by atoms with van der Waals surface area (Å²) in [4.78, 5) is 70.7. The Balaban J connectivity index is 1.35. The molecule has 4 aliphatic rings. The van der Waals surface area contributed by atoms with E-state index >= 15 is 0 Å². The lowest BCUT2D eigenvalue weighted by Gasteiger charge is -2.38. The molecule has 5 amide bonds. The molecule has 1 aliphatic heterocycles. The number of hydrogen-bond donors (Lipinski definition) is 4. The Morgan fingerprint density at radius 1 is 1.04 bits per heavy atom. The molecular formula is C39H60N6O7S2. The number of amides is 5. The average molecular weight is 789 g/mol. The summed E-state index contributed by atoms with van der Waals surface area (Å²) in [5.41, 5.74) is -0.740. The Labute approximate surface area is 324 Å². The summed E-state index contributed by atoms with van der Waals surface area (Å²) in [6.45, 7) is 14.0. The van der Waals surface area contributed by atoms with Gasteiger partial charge in [-0.15, -0.1) is 17.9 Å². The Morgan fingerprint density at radius 3 is 2.30 bits per heavy atom. The zero-order valence-electron chi connectivity index (χ0n) is 32.7. The molecule has 0 spiro atoms. The lowest BCUT2D eigenvalue weighted by molar-refractivity contribution is -0.145. The van der Waals surface area contributed by atoms with Gasteiger partial charge in [0.05, 0.1) is 6.04 Å². The van der Waals surface area contributed by atoms with Crippen LogP contribution in [0, 0.1) is 34.5 Å². The number of sulfonamides is 1. The van der Waals surface area contributed by atoms with E-state index in [1.165, 1.54) is 17.4 Å². The Hall–Kier alpha value is -3.30. The van der Waals surface area contributed by atoms with Crippen molar-refractivity contribution < 1.29 is 32.4 Å². The highest BCUT2D eigenvalue weighted by molar-refractivity contribution is 7.91. The Bertz CT molecular complexity index is 1660. The molecule has 0 aromatic carbocycles. The number of hydrogen-bond acceptors (Lipinski definition) is 8. The number of rotatable bonds is 16. The van der Waals surface area contributed by atoms with E-state index in [1.54, 1.807) is 22.4 Å². The van der Waals surface area contributed by atoms with Gasteiger partial charge in [0.2, 0.25) is 17.6 Å². The van der Waals surface area contributed by atoms with Crippen LogP contribution in [0.15, 0.2) is 34.4 Å². The van der Waals surface area contributed by atoms with Crippen molar-refractivity contribution in [3.05, 3.63) is 30.2 Å². The van der Waals surface area contributed by atoms with E-state index in [4.69, 9.17) is 0 Å². The standard InChI is InChI=1S/C39H60N6O7S2/c1-8-19-40-35(48)33(46)27(21-24-14-12-15-24)41-34(47)32-30-26(39(30,5)6)22-45(32)36(49)31(25-16-10-9-11-17-25)43-37(50)42-28(38(2,3)4)23-44(7)54(51,52)29-18-13-20-53-29/h8,13,18,20,24-28,30-32H,1,9-12,14-17,19,21-23H2,2-7H3,(H,40,48)(H,41,47)(H2,42,43,50)/t26-,27?,28+,30-,31-,32-/m0/s1. The topological polar surface area (TPSA) is 174 Å². The van der Waals surface area contributed by atoms with Crippen LogP contribution in [0.1, 0.15) is 92.4 Å². The van der Waals surface area contributed by atoms with Crippen molar-refractivity contribution in [3.63, 3.8) is 0 Å². The smallest absolute Gasteiger partial charge is 0.315 e. The summed E-state index contributed by atoms with van der Waals surface area (Å²) in [5.74, 6) is -2.27. The fourth-order valence-corrected chi connectivity index (χ4v) is 11.0. The third kappa shape index (κ3) is 9.21. The van der Waals surface area contributed by atoms with Crippen LogP contribution in [0.5, 0.6) is 0 Å². The lowest BCUT2D eigenvalue weighted by atomic mass is 9.80. The van der Waals surface area contributed by atoms with E-state index in [0.717, 1.165) is 62.7 Å². The van der Waals surface area contributed by atoms with E-state index < -0.39 is 63.2 Å². The van der Waals surface area contributed by atoms with E-state index in [9.17, 15) is 32.4 Å². The van der Waals surface area contributed by atoms with Gasteiger partial charge in [0.25, 0.3) is 15.9 Å². The molecule has 1 saturated heterocycles. The van der Waals surface area contributed by atoms with Crippen molar-refractivity contribution in [1.82, 2.24) is 30.5 Å². The van der Waals surface area contributed by atoms with Crippen molar-refractivity contribution >= 4 is 50.9 Å². The predicted molar refractivity (Wildman–Crippen MR) is 208 cm³/mol. The van der Waals surface area contributed by atoms with Crippen molar-refractivity contribution in [2.45, 2.75) is 121 Å². The highest BCUT2D eigenvalue weighted by atomic mass is 32.2. The summed E-state index contributed by atoms with van der Waals surface area (Å²) < 4.78 is 28.0. The summed E-state index contributed by atoms with van der Waals surface area (Å²) >= 11 is 1.13. The molecule has 54 heavy (non-hydrogen) atoms. The highest BCUT2D eigenvalue weighted by Gasteiger charge is 2.69. The highest BCUT2D eigenvalue weighted by Crippen LogP contribution is 2.65. The number of piperidine rings is 1. The number of nitrogens with one attached hydrogen (secondary N) is 4. The molecule has 2 heterocycles. The number of thiophene rings is 1. The first-order chi connectivity index (χ1) is 25.4. The third-order valence-electron chi connectivity index (χ3n) is 12.4. The van der Waals surface area contributed by atoms with Gasteiger partial charge in [0.1, 0.15) is 16.3 Å². The van der Waals surface area contributed by atoms with Crippen molar-refractivity contribution in [1.29, 1.82) is 0 Å². The van der Waals surface area contributed by atoms with Gasteiger partial charge in [-0.25, -0.2) is 13.2 Å². The first kappa shape index (κ1) is 41.9. The Morgan fingerprint density at radius 2 is 1.72 bits per heavy atom. The molecular weight excluding hydrogens is 729 g/mol. The Kier molecular flexibility index (Phi) is 13.0. The molecule has 0 bridgehead atoms. The summed E-state index contributed by atoms with van der Waals surface area (Å²) in [5, 5.41) is 13.1. The molecule has 6 atom stereocenters. The molecule has 5 rings (SSSR count). The molecule has 3 aliphatic carbocycles. The van der Waals surface area contributed by atoms with E-state index in [-0.39, 0.29) is 52.3 Å². The van der Waals surface area contributed by atoms with Gasteiger partial charge in [0, 0.05) is 32.7 Å². The van der Waals surface area contributed by atoms with Crippen molar-refractivity contribution in [3.8, 4) is 0 Å². The molecule has 1 unspecified atom stereocenters. The van der Waals surface area contributed by atoms with Crippen LogP contribution in [0.2, 0.25) is 0 Å². The van der Waals surface area contributed by atoms with Crippen LogP contribution in [-0.2, 0) is 29.2 Å². The SMILES string of the molecule is C=CCNC(=O)C(=O)C(CC1CCC1)NC(=O)[C@@H]1[C@@H]2[C@H](CN1C(=O)[C@@H](NC(=O)N[C@H](CN(C)S(=O)(=O)c1cccs1)C(C)(C)C)C1CCCCC1)C2(C)C.